The summed E-state index contributed by atoms with van der Waals surface area (Å²) >= 11 is 6.21. The topological polar surface area (TPSA) is 77.1 Å². The Kier molecular flexibility index (Phi) is 5.83. The number of halogens is 1. The molecular formula is C17H18ClN3O3. The second-order valence-electron chi connectivity index (χ2n) is 5.48. The first-order valence-corrected chi connectivity index (χ1v) is 7.93. The second-order valence-corrected chi connectivity index (χ2v) is 5.84. The minimum Gasteiger partial charge on any atom is -0.492 e. The summed E-state index contributed by atoms with van der Waals surface area (Å²) in [6.45, 7) is 6.54. The summed E-state index contributed by atoms with van der Waals surface area (Å²) in [5, 5.41) is 13.6. The van der Waals surface area contributed by atoms with Gasteiger partial charge in [-0.3, -0.25) is 0 Å². The van der Waals surface area contributed by atoms with Gasteiger partial charge in [0.1, 0.15) is 22.5 Å². The Morgan fingerprint density at radius 2 is 2.21 bits per heavy atom. The van der Waals surface area contributed by atoms with Crippen molar-refractivity contribution in [3.63, 3.8) is 0 Å². The van der Waals surface area contributed by atoms with E-state index in [2.05, 4.69) is 11.2 Å². The third kappa shape index (κ3) is 3.87. The fraction of sp³-hybridized carbons (Fsp3) is 0.353. The van der Waals surface area contributed by atoms with E-state index in [9.17, 15) is 10.1 Å². The van der Waals surface area contributed by atoms with Gasteiger partial charge in [0.2, 0.25) is 0 Å². The number of hydrogen-bond acceptors (Lipinski definition) is 5. The van der Waals surface area contributed by atoms with Gasteiger partial charge >= 0.3 is 5.97 Å². The molecule has 0 spiro atoms. The van der Waals surface area contributed by atoms with Gasteiger partial charge in [-0.25, -0.2) is 9.48 Å². The molecule has 2 rings (SSSR count). The normalized spacial score (nSPS) is 10.5. The van der Waals surface area contributed by atoms with Gasteiger partial charge in [0.05, 0.1) is 30.7 Å². The first-order valence-electron chi connectivity index (χ1n) is 7.55. The summed E-state index contributed by atoms with van der Waals surface area (Å²) in [5.74, 6) is 0.318. The number of carbonyl (C=O) groups is 1. The molecule has 0 fully saturated rings. The lowest BCUT2D eigenvalue weighted by Crippen LogP contribution is -2.07. The minimum atomic E-state index is -0.536. The number of rotatable bonds is 6. The van der Waals surface area contributed by atoms with Crippen LogP contribution in [-0.4, -0.2) is 29.0 Å². The molecule has 1 aromatic carbocycles. The van der Waals surface area contributed by atoms with Gasteiger partial charge in [-0.1, -0.05) is 25.4 Å². The van der Waals surface area contributed by atoms with Crippen molar-refractivity contribution in [3.05, 3.63) is 40.7 Å². The summed E-state index contributed by atoms with van der Waals surface area (Å²) < 4.78 is 11.9. The van der Waals surface area contributed by atoms with E-state index in [-0.39, 0.29) is 17.3 Å². The van der Waals surface area contributed by atoms with Gasteiger partial charge in [-0.05, 0) is 31.0 Å². The van der Waals surface area contributed by atoms with Crippen LogP contribution in [0.2, 0.25) is 5.15 Å². The molecule has 126 valence electrons. The highest BCUT2D eigenvalue weighted by molar-refractivity contribution is 6.32. The molecule has 0 bridgehead atoms. The molecular weight excluding hydrogens is 330 g/mol. The zero-order valence-corrected chi connectivity index (χ0v) is 14.5. The van der Waals surface area contributed by atoms with E-state index >= 15 is 0 Å². The molecule has 0 radical (unpaired) electrons. The first-order chi connectivity index (χ1) is 11.5. The summed E-state index contributed by atoms with van der Waals surface area (Å²) in [6, 6.07) is 7.13. The number of benzene rings is 1. The smallest absolute Gasteiger partial charge is 0.342 e. The van der Waals surface area contributed by atoms with Crippen molar-refractivity contribution in [2.24, 2.45) is 5.92 Å². The molecule has 0 saturated carbocycles. The van der Waals surface area contributed by atoms with Crippen LogP contribution in [0.25, 0.3) is 5.69 Å². The minimum absolute atomic E-state index is 0.133. The Morgan fingerprint density at radius 3 is 2.83 bits per heavy atom. The van der Waals surface area contributed by atoms with Crippen molar-refractivity contribution in [1.29, 1.82) is 5.26 Å². The molecule has 0 atom stereocenters. The average Bonchev–Trinajstić information content (AvgIpc) is 2.94. The third-order valence-electron chi connectivity index (χ3n) is 3.11. The number of aromatic nitrogens is 2. The van der Waals surface area contributed by atoms with Crippen molar-refractivity contribution < 1.29 is 14.3 Å². The van der Waals surface area contributed by atoms with Crippen LogP contribution in [0, 0.1) is 17.2 Å². The molecule has 1 aromatic heterocycles. The van der Waals surface area contributed by atoms with Gasteiger partial charge in [-0.15, -0.1) is 0 Å². The van der Waals surface area contributed by atoms with Crippen molar-refractivity contribution in [3.8, 4) is 17.5 Å². The van der Waals surface area contributed by atoms with E-state index < -0.39 is 5.97 Å². The zero-order valence-electron chi connectivity index (χ0n) is 13.7. The van der Waals surface area contributed by atoms with Crippen LogP contribution in [0.1, 0.15) is 36.7 Å². The number of carbonyl (C=O) groups excluding carboxylic acids is 1. The number of esters is 1. The van der Waals surface area contributed by atoms with E-state index in [1.54, 1.807) is 25.1 Å². The molecule has 6 nitrogen and oxygen atoms in total. The van der Waals surface area contributed by atoms with E-state index in [0.29, 0.717) is 29.5 Å². The van der Waals surface area contributed by atoms with Crippen LogP contribution in [-0.2, 0) is 4.74 Å². The number of hydrogen-bond donors (Lipinski definition) is 0. The Balaban J connectivity index is 2.33. The Labute approximate surface area is 145 Å². The van der Waals surface area contributed by atoms with Crippen molar-refractivity contribution in [2.45, 2.75) is 20.8 Å². The molecule has 2 aromatic rings. The SMILES string of the molecule is CCOC(=O)c1cnn(-c2ccc(OCC(C)C)c(C#N)c2)c1Cl. The molecule has 0 aliphatic carbocycles. The second kappa shape index (κ2) is 7.84. The van der Waals surface area contributed by atoms with Gasteiger partial charge in [0.25, 0.3) is 0 Å². The molecule has 1 heterocycles. The Morgan fingerprint density at radius 1 is 1.46 bits per heavy atom. The first kappa shape index (κ1) is 17.8. The molecule has 24 heavy (non-hydrogen) atoms. The molecule has 0 N–H and O–H groups in total. The van der Waals surface area contributed by atoms with E-state index in [1.807, 2.05) is 13.8 Å². The fourth-order valence-electron chi connectivity index (χ4n) is 1.98. The summed E-state index contributed by atoms with van der Waals surface area (Å²) in [4.78, 5) is 11.8. The predicted molar refractivity (Wildman–Crippen MR) is 89.6 cm³/mol. The molecule has 0 aliphatic heterocycles. The van der Waals surface area contributed by atoms with E-state index in [1.165, 1.54) is 10.9 Å². The zero-order chi connectivity index (χ0) is 17.7. The third-order valence-corrected chi connectivity index (χ3v) is 3.47. The maximum atomic E-state index is 11.8. The van der Waals surface area contributed by atoms with Gasteiger partial charge in [0.15, 0.2) is 0 Å². The van der Waals surface area contributed by atoms with Crippen LogP contribution in [0.3, 0.4) is 0 Å². The summed E-state index contributed by atoms with van der Waals surface area (Å²) in [7, 11) is 0. The van der Waals surface area contributed by atoms with Crippen LogP contribution < -0.4 is 4.74 Å². The van der Waals surface area contributed by atoms with Gasteiger partial charge in [-0.2, -0.15) is 10.4 Å². The number of nitrogens with zero attached hydrogens (tertiary/aromatic N) is 3. The van der Waals surface area contributed by atoms with Crippen molar-refractivity contribution in [1.82, 2.24) is 9.78 Å². The van der Waals surface area contributed by atoms with Crippen LogP contribution in [0.5, 0.6) is 5.75 Å². The lowest BCUT2D eigenvalue weighted by atomic mass is 10.2. The van der Waals surface area contributed by atoms with Crippen LogP contribution in [0.4, 0.5) is 0 Å². The summed E-state index contributed by atoms with van der Waals surface area (Å²) in [6.07, 6.45) is 1.34. The standard InChI is InChI=1S/C17H18ClN3O3/c1-4-23-17(22)14-9-20-21(16(14)18)13-5-6-15(12(7-13)8-19)24-10-11(2)3/h5-7,9,11H,4,10H2,1-3H3. The average molecular weight is 348 g/mol. The van der Waals surface area contributed by atoms with Gasteiger partial charge in [0, 0.05) is 0 Å². The Bertz CT molecular complexity index is 778. The molecule has 0 amide bonds. The largest absolute Gasteiger partial charge is 0.492 e. The van der Waals surface area contributed by atoms with Crippen LogP contribution >= 0.6 is 11.6 Å². The highest BCUT2D eigenvalue weighted by atomic mass is 35.5. The monoisotopic (exact) mass is 347 g/mol. The van der Waals surface area contributed by atoms with Gasteiger partial charge < -0.3 is 9.47 Å². The molecule has 0 unspecified atom stereocenters. The maximum absolute atomic E-state index is 11.8. The highest BCUT2D eigenvalue weighted by Gasteiger charge is 2.18. The van der Waals surface area contributed by atoms with Crippen LogP contribution in [0.15, 0.2) is 24.4 Å². The van der Waals surface area contributed by atoms with Crippen molar-refractivity contribution in [2.75, 3.05) is 13.2 Å². The summed E-state index contributed by atoms with van der Waals surface area (Å²) in [5.41, 5.74) is 1.11. The lowest BCUT2D eigenvalue weighted by molar-refractivity contribution is 0.0526. The lowest BCUT2D eigenvalue weighted by Gasteiger charge is -2.11. The van der Waals surface area contributed by atoms with Crippen molar-refractivity contribution >= 4 is 17.6 Å². The van der Waals surface area contributed by atoms with E-state index in [0.717, 1.165) is 0 Å². The number of ether oxygens (including phenoxy) is 2. The molecule has 0 aliphatic rings. The Hall–Kier alpha value is -2.52. The maximum Gasteiger partial charge on any atom is 0.342 e. The molecule has 7 heteroatoms. The highest BCUT2D eigenvalue weighted by Crippen LogP contribution is 2.26. The fourth-order valence-corrected chi connectivity index (χ4v) is 2.25. The predicted octanol–water partition coefficient (Wildman–Crippen LogP) is 3.61. The number of nitriles is 1. The quantitative estimate of drug-likeness (QED) is 0.746. The molecule has 0 saturated heterocycles. The van der Waals surface area contributed by atoms with E-state index in [4.69, 9.17) is 21.1 Å².